The minimum Gasteiger partial charge on any atom is -0.482 e. The summed E-state index contributed by atoms with van der Waals surface area (Å²) in [6.45, 7) is -0.237. The van der Waals surface area contributed by atoms with E-state index in [0.29, 0.717) is 20.6 Å². The highest BCUT2D eigenvalue weighted by Crippen LogP contribution is 2.35. The van der Waals surface area contributed by atoms with Crippen LogP contribution in [-0.4, -0.2) is 12.4 Å². The normalized spacial score (nSPS) is 10.5. The summed E-state index contributed by atoms with van der Waals surface area (Å²) in [5.74, 6) is -0.0770. The number of halogens is 5. The largest absolute Gasteiger partial charge is 0.482 e. The summed E-state index contributed by atoms with van der Waals surface area (Å²) in [5, 5.41) is 1.51. The maximum Gasteiger partial charge on any atom is 0.200 e. The Bertz CT molecular complexity index is 677. The van der Waals surface area contributed by atoms with Crippen LogP contribution >= 0.6 is 58.0 Å². The zero-order valence-electron chi connectivity index (χ0n) is 10.3. The van der Waals surface area contributed by atoms with Gasteiger partial charge in [0.2, 0.25) is 0 Å². The van der Waals surface area contributed by atoms with Gasteiger partial charge >= 0.3 is 0 Å². The zero-order chi connectivity index (χ0) is 15.6. The second kappa shape index (κ2) is 7.08. The second-order valence-electron chi connectivity index (χ2n) is 4.04. The molecule has 0 aliphatic rings. The summed E-state index contributed by atoms with van der Waals surface area (Å²) in [6, 6.07) is 7.53. The Kier molecular flexibility index (Phi) is 5.64. The fourth-order valence-corrected chi connectivity index (χ4v) is 2.78. The van der Waals surface area contributed by atoms with E-state index >= 15 is 0 Å². The van der Waals surface area contributed by atoms with Crippen molar-refractivity contribution in [2.24, 2.45) is 0 Å². The summed E-state index contributed by atoms with van der Waals surface area (Å²) in [6.07, 6.45) is 0. The Morgan fingerprint density at radius 1 is 0.857 bits per heavy atom. The Labute approximate surface area is 146 Å². The van der Waals surface area contributed by atoms with Crippen LogP contribution in [0.25, 0.3) is 0 Å². The molecule has 0 bridgehead atoms. The van der Waals surface area contributed by atoms with E-state index in [9.17, 15) is 4.79 Å². The SMILES string of the molecule is O=C(COc1c(Cl)cc(Cl)cc1Cl)c1ccc(Cl)c(Cl)c1. The van der Waals surface area contributed by atoms with E-state index in [1.807, 2.05) is 0 Å². The van der Waals surface area contributed by atoms with Gasteiger partial charge in [-0.05, 0) is 30.3 Å². The van der Waals surface area contributed by atoms with Crippen LogP contribution in [0, 0.1) is 0 Å². The van der Waals surface area contributed by atoms with Crippen LogP contribution in [0.15, 0.2) is 30.3 Å². The van der Waals surface area contributed by atoms with Gasteiger partial charge in [0, 0.05) is 10.6 Å². The number of carbonyl (C=O) groups is 1. The number of Topliss-reactive ketones (excluding diaryl/α,β-unsaturated/α-hetero) is 1. The van der Waals surface area contributed by atoms with Crippen molar-refractivity contribution in [2.75, 3.05) is 6.61 Å². The Morgan fingerprint density at radius 3 is 2.05 bits per heavy atom. The summed E-state index contributed by atoms with van der Waals surface area (Å²) in [4.78, 5) is 12.0. The molecular formula is C14H7Cl5O2. The molecule has 0 aromatic heterocycles. The Balaban J connectivity index is 2.13. The number of ether oxygens (including phenoxy) is 1. The second-order valence-corrected chi connectivity index (χ2v) is 6.10. The molecule has 0 aliphatic carbocycles. The van der Waals surface area contributed by atoms with Crippen molar-refractivity contribution >= 4 is 63.8 Å². The number of ketones is 1. The predicted octanol–water partition coefficient (Wildman–Crippen LogP) is 6.22. The van der Waals surface area contributed by atoms with Crippen LogP contribution in [0.5, 0.6) is 5.75 Å². The zero-order valence-corrected chi connectivity index (χ0v) is 14.1. The van der Waals surface area contributed by atoms with Gasteiger partial charge in [0.15, 0.2) is 18.1 Å². The van der Waals surface area contributed by atoms with Crippen molar-refractivity contribution in [2.45, 2.75) is 0 Å². The monoisotopic (exact) mass is 382 g/mol. The Hall–Kier alpha value is -0.640. The van der Waals surface area contributed by atoms with Gasteiger partial charge in [-0.2, -0.15) is 0 Å². The number of carbonyl (C=O) groups excluding carboxylic acids is 1. The number of hydrogen-bond acceptors (Lipinski definition) is 2. The molecule has 0 spiro atoms. The van der Waals surface area contributed by atoms with E-state index in [1.54, 1.807) is 12.1 Å². The first-order chi connectivity index (χ1) is 9.88. The van der Waals surface area contributed by atoms with Crippen LogP contribution < -0.4 is 4.74 Å². The first-order valence-electron chi connectivity index (χ1n) is 5.64. The molecule has 0 saturated heterocycles. The minimum absolute atomic E-state index is 0.205. The third-order valence-electron chi connectivity index (χ3n) is 2.55. The lowest BCUT2D eigenvalue weighted by atomic mass is 10.1. The average Bonchev–Trinajstić information content (AvgIpc) is 2.40. The molecule has 110 valence electrons. The summed E-state index contributed by atoms with van der Waals surface area (Å²) in [5.41, 5.74) is 0.380. The molecule has 7 heteroatoms. The topological polar surface area (TPSA) is 26.3 Å². The highest BCUT2D eigenvalue weighted by Gasteiger charge is 2.13. The predicted molar refractivity (Wildman–Crippen MR) is 87.8 cm³/mol. The van der Waals surface area contributed by atoms with E-state index in [0.717, 1.165) is 0 Å². The molecule has 0 radical (unpaired) electrons. The molecular weight excluding hydrogens is 377 g/mol. The van der Waals surface area contributed by atoms with E-state index < -0.39 is 0 Å². The van der Waals surface area contributed by atoms with Crippen LogP contribution in [0.4, 0.5) is 0 Å². The smallest absolute Gasteiger partial charge is 0.200 e. The third kappa shape index (κ3) is 4.18. The van der Waals surface area contributed by atoms with Gasteiger partial charge in [0.25, 0.3) is 0 Å². The quantitative estimate of drug-likeness (QED) is 0.585. The van der Waals surface area contributed by atoms with Gasteiger partial charge in [0.05, 0.1) is 20.1 Å². The molecule has 0 amide bonds. The van der Waals surface area contributed by atoms with Crippen molar-refractivity contribution in [3.05, 3.63) is 61.0 Å². The molecule has 0 heterocycles. The van der Waals surface area contributed by atoms with Crippen molar-refractivity contribution in [3.8, 4) is 5.75 Å². The van der Waals surface area contributed by atoms with E-state index in [1.165, 1.54) is 18.2 Å². The maximum atomic E-state index is 12.0. The maximum absolute atomic E-state index is 12.0. The highest BCUT2D eigenvalue weighted by molar-refractivity contribution is 6.42. The molecule has 2 aromatic rings. The first kappa shape index (κ1) is 16.7. The molecule has 0 aliphatic heterocycles. The van der Waals surface area contributed by atoms with E-state index in [2.05, 4.69) is 0 Å². The summed E-state index contributed by atoms with van der Waals surface area (Å²) in [7, 11) is 0. The molecule has 0 atom stereocenters. The van der Waals surface area contributed by atoms with Crippen LogP contribution in [-0.2, 0) is 0 Å². The summed E-state index contributed by atoms with van der Waals surface area (Å²) < 4.78 is 5.36. The lowest BCUT2D eigenvalue weighted by Crippen LogP contribution is -2.12. The van der Waals surface area contributed by atoms with Gasteiger partial charge in [-0.1, -0.05) is 58.0 Å². The standard InChI is InChI=1S/C14H7Cl5O2/c15-8-4-11(18)14(12(19)5-8)21-6-13(20)7-1-2-9(16)10(17)3-7/h1-5H,6H2. The van der Waals surface area contributed by atoms with Gasteiger partial charge in [-0.15, -0.1) is 0 Å². The van der Waals surface area contributed by atoms with Gasteiger partial charge in [-0.25, -0.2) is 0 Å². The van der Waals surface area contributed by atoms with Crippen molar-refractivity contribution in [1.82, 2.24) is 0 Å². The molecule has 0 unspecified atom stereocenters. The van der Waals surface area contributed by atoms with E-state index in [4.69, 9.17) is 62.7 Å². The fraction of sp³-hybridized carbons (Fsp3) is 0.0714. The first-order valence-corrected chi connectivity index (χ1v) is 7.53. The van der Waals surface area contributed by atoms with Crippen molar-refractivity contribution in [3.63, 3.8) is 0 Å². The Morgan fingerprint density at radius 2 is 1.48 bits per heavy atom. The molecule has 0 saturated carbocycles. The van der Waals surface area contributed by atoms with Crippen molar-refractivity contribution < 1.29 is 9.53 Å². The molecule has 2 aromatic carbocycles. The molecule has 21 heavy (non-hydrogen) atoms. The molecule has 0 N–H and O–H groups in total. The fourth-order valence-electron chi connectivity index (χ4n) is 1.56. The lowest BCUT2D eigenvalue weighted by molar-refractivity contribution is 0.0922. The van der Waals surface area contributed by atoms with Crippen molar-refractivity contribution in [1.29, 1.82) is 0 Å². The van der Waals surface area contributed by atoms with E-state index in [-0.39, 0.29) is 28.2 Å². The number of benzene rings is 2. The van der Waals surface area contributed by atoms with Crippen LogP contribution in [0.3, 0.4) is 0 Å². The van der Waals surface area contributed by atoms with Gasteiger partial charge in [-0.3, -0.25) is 4.79 Å². The third-order valence-corrected chi connectivity index (χ3v) is 4.07. The lowest BCUT2D eigenvalue weighted by Gasteiger charge is -2.10. The number of hydrogen-bond donors (Lipinski definition) is 0. The van der Waals surface area contributed by atoms with Gasteiger partial charge < -0.3 is 4.74 Å². The number of rotatable bonds is 4. The minimum atomic E-state index is -0.282. The molecule has 0 fully saturated rings. The molecule has 2 nitrogen and oxygen atoms in total. The average molecular weight is 384 g/mol. The van der Waals surface area contributed by atoms with Gasteiger partial charge in [0.1, 0.15) is 0 Å². The summed E-state index contributed by atoms with van der Waals surface area (Å²) >= 11 is 29.4. The van der Waals surface area contributed by atoms with Crippen LogP contribution in [0.1, 0.15) is 10.4 Å². The highest BCUT2D eigenvalue weighted by atomic mass is 35.5. The van der Waals surface area contributed by atoms with Crippen LogP contribution in [0.2, 0.25) is 25.1 Å². The molecule has 2 rings (SSSR count).